The highest BCUT2D eigenvalue weighted by Gasteiger charge is 2.32. The maximum absolute atomic E-state index is 13.3. The van der Waals surface area contributed by atoms with Gasteiger partial charge >= 0.3 is 6.18 Å². The molecule has 10 heteroatoms. The minimum Gasteiger partial charge on any atom is -0.253 e. The van der Waals surface area contributed by atoms with Gasteiger partial charge in [-0.15, -0.1) is 11.3 Å². The van der Waals surface area contributed by atoms with Gasteiger partial charge in [-0.2, -0.15) is 18.3 Å². The molecule has 0 aliphatic rings. The third-order valence-electron chi connectivity index (χ3n) is 4.62. The molecule has 4 rings (SSSR count). The van der Waals surface area contributed by atoms with Gasteiger partial charge in [-0.05, 0) is 30.3 Å². The van der Waals surface area contributed by atoms with E-state index in [2.05, 4.69) is 15.5 Å². The lowest BCUT2D eigenvalue weighted by atomic mass is 10.1. The zero-order chi connectivity index (χ0) is 23.5. The van der Waals surface area contributed by atoms with E-state index in [4.69, 9.17) is 0 Å². The Kier molecular flexibility index (Phi) is 6.30. The van der Waals surface area contributed by atoms with Crippen molar-refractivity contribution in [2.24, 2.45) is 5.10 Å². The molecule has 0 unspecified atom stereocenters. The molecule has 3 aromatic carbocycles. The van der Waals surface area contributed by atoms with Crippen molar-refractivity contribution in [2.45, 2.75) is 16.0 Å². The van der Waals surface area contributed by atoms with Crippen molar-refractivity contribution in [3.63, 3.8) is 0 Å². The van der Waals surface area contributed by atoms with E-state index >= 15 is 0 Å². The minimum atomic E-state index is -4.63. The topological polar surface area (TPSA) is 71.4 Å². The maximum Gasteiger partial charge on any atom is 0.416 e. The summed E-state index contributed by atoms with van der Waals surface area (Å²) in [6, 6.07) is 19.4. The highest BCUT2D eigenvalue weighted by Crippen LogP contribution is 2.33. The number of anilines is 1. The van der Waals surface area contributed by atoms with Gasteiger partial charge in [0.25, 0.3) is 0 Å². The van der Waals surface area contributed by atoms with Crippen LogP contribution in [0.3, 0.4) is 0 Å². The van der Waals surface area contributed by atoms with Crippen molar-refractivity contribution in [3.05, 3.63) is 95.4 Å². The summed E-state index contributed by atoms with van der Waals surface area (Å²) in [6.45, 7) is 0. The quantitative estimate of drug-likeness (QED) is 0.263. The monoisotopic (exact) mass is 487 g/mol. The minimum absolute atomic E-state index is 0.0280. The average molecular weight is 488 g/mol. The number of nitrogens with one attached hydrogen (secondary N) is 1. The third kappa shape index (κ3) is 5.12. The molecule has 0 aliphatic carbocycles. The zero-order valence-corrected chi connectivity index (χ0v) is 18.5. The van der Waals surface area contributed by atoms with E-state index in [1.165, 1.54) is 23.5 Å². The van der Waals surface area contributed by atoms with Crippen LogP contribution in [0.4, 0.5) is 18.3 Å². The standard InChI is InChI=1S/C23H16F3N3O2S2/c24-23(25,26)18-11-12-21(33(30,31)19-9-5-2-6-10-19)17(13-18)14-27-29-22-28-20(15-32-22)16-7-3-1-4-8-16/h1-15H,(H,28,29). The highest BCUT2D eigenvalue weighted by atomic mass is 32.2. The maximum atomic E-state index is 13.3. The fourth-order valence-electron chi connectivity index (χ4n) is 3.02. The molecule has 0 aliphatic heterocycles. The lowest BCUT2D eigenvalue weighted by Gasteiger charge is -2.12. The number of benzene rings is 3. The van der Waals surface area contributed by atoms with E-state index in [1.807, 2.05) is 35.7 Å². The fraction of sp³-hybridized carbons (Fsp3) is 0.0435. The molecule has 0 fully saturated rings. The van der Waals surface area contributed by atoms with E-state index in [9.17, 15) is 21.6 Å². The number of sulfone groups is 1. The van der Waals surface area contributed by atoms with Gasteiger partial charge in [0.05, 0.1) is 27.3 Å². The smallest absolute Gasteiger partial charge is 0.253 e. The highest BCUT2D eigenvalue weighted by molar-refractivity contribution is 7.91. The number of hydrogen-bond acceptors (Lipinski definition) is 6. The van der Waals surface area contributed by atoms with E-state index in [1.54, 1.807) is 18.2 Å². The van der Waals surface area contributed by atoms with Gasteiger partial charge in [0.1, 0.15) is 0 Å². The van der Waals surface area contributed by atoms with Crippen molar-refractivity contribution in [1.29, 1.82) is 0 Å². The molecule has 33 heavy (non-hydrogen) atoms. The van der Waals surface area contributed by atoms with Gasteiger partial charge in [0.15, 0.2) is 0 Å². The Bertz CT molecular complexity index is 1390. The number of alkyl halides is 3. The van der Waals surface area contributed by atoms with Gasteiger partial charge in [0.2, 0.25) is 15.0 Å². The molecule has 4 aromatic rings. The summed E-state index contributed by atoms with van der Waals surface area (Å²) in [7, 11) is -4.06. The Hall–Kier alpha value is -3.50. The van der Waals surface area contributed by atoms with Crippen molar-refractivity contribution >= 4 is 32.5 Å². The average Bonchev–Trinajstić information content (AvgIpc) is 3.28. The van der Waals surface area contributed by atoms with Gasteiger partial charge in [-0.1, -0.05) is 48.5 Å². The van der Waals surface area contributed by atoms with Crippen molar-refractivity contribution in [1.82, 2.24) is 4.98 Å². The van der Waals surface area contributed by atoms with Crippen molar-refractivity contribution < 1.29 is 21.6 Å². The van der Waals surface area contributed by atoms with E-state index in [0.717, 1.165) is 30.0 Å². The fourth-order valence-corrected chi connectivity index (χ4v) is 5.13. The first-order valence-electron chi connectivity index (χ1n) is 9.56. The molecule has 0 amide bonds. The first-order valence-corrected chi connectivity index (χ1v) is 11.9. The van der Waals surface area contributed by atoms with Crippen molar-refractivity contribution in [3.8, 4) is 11.3 Å². The molecule has 1 heterocycles. The zero-order valence-electron chi connectivity index (χ0n) is 16.8. The Balaban J connectivity index is 1.66. The molecular weight excluding hydrogens is 471 g/mol. The Morgan fingerprint density at radius 2 is 1.61 bits per heavy atom. The van der Waals surface area contributed by atoms with Crippen LogP contribution in [-0.2, 0) is 16.0 Å². The van der Waals surface area contributed by atoms with E-state index in [0.29, 0.717) is 10.8 Å². The van der Waals surface area contributed by atoms with Crippen LogP contribution in [0.5, 0.6) is 0 Å². The summed E-state index contributed by atoms with van der Waals surface area (Å²) < 4.78 is 65.8. The van der Waals surface area contributed by atoms with Crippen LogP contribution < -0.4 is 5.43 Å². The third-order valence-corrected chi connectivity index (χ3v) is 7.21. The number of rotatable bonds is 6. The van der Waals surface area contributed by atoms with Crippen LogP contribution in [0, 0.1) is 0 Å². The second-order valence-electron chi connectivity index (χ2n) is 6.84. The molecule has 5 nitrogen and oxygen atoms in total. The van der Waals surface area contributed by atoms with E-state index < -0.39 is 21.6 Å². The molecule has 0 saturated heterocycles. The van der Waals surface area contributed by atoms with Gasteiger partial charge in [0, 0.05) is 16.5 Å². The van der Waals surface area contributed by atoms with Crippen LogP contribution in [-0.4, -0.2) is 19.6 Å². The number of hydrogen-bond donors (Lipinski definition) is 1. The lowest BCUT2D eigenvalue weighted by molar-refractivity contribution is -0.137. The summed E-state index contributed by atoms with van der Waals surface area (Å²) in [4.78, 5) is 4.07. The van der Waals surface area contributed by atoms with Crippen LogP contribution >= 0.6 is 11.3 Å². The largest absolute Gasteiger partial charge is 0.416 e. The molecule has 0 saturated carbocycles. The van der Waals surface area contributed by atoms with Crippen LogP contribution in [0.15, 0.2) is 99.1 Å². The molecule has 0 spiro atoms. The normalized spacial score (nSPS) is 12.2. The first-order chi connectivity index (χ1) is 15.7. The summed E-state index contributed by atoms with van der Waals surface area (Å²) in [5.41, 5.74) is 3.11. The first kappa shape index (κ1) is 22.7. The predicted octanol–water partition coefficient (Wildman–Crippen LogP) is 6.11. The molecule has 168 valence electrons. The van der Waals surface area contributed by atoms with E-state index in [-0.39, 0.29) is 15.4 Å². The summed E-state index contributed by atoms with van der Waals surface area (Å²) in [5, 5.41) is 6.17. The number of nitrogens with zero attached hydrogens (tertiary/aromatic N) is 2. The molecule has 0 radical (unpaired) electrons. The Morgan fingerprint density at radius 1 is 0.939 bits per heavy atom. The molecule has 1 N–H and O–H groups in total. The summed E-state index contributed by atoms with van der Waals surface area (Å²) >= 11 is 1.26. The number of hydrazone groups is 1. The molecular formula is C23H16F3N3O2S2. The summed E-state index contributed by atoms with van der Waals surface area (Å²) in [5.74, 6) is 0. The Morgan fingerprint density at radius 3 is 2.27 bits per heavy atom. The number of aromatic nitrogens is 1. The van der Waals surface area contributed by atoms with Crippen molar-refractivity contribution in [2.75, 3.05) is 5.43 Å². The second kappa shape index (κ2) is 9.16. The predicted molar refractivity (Wildman–Crippen MR) is 122 cm³/mol. The molecule has 0 atom stereocenters. The number of halogens is 3. The number of thiazole rings is 1. The molecule has 0 bridgehead atoms. The van der Waals surface area contributed by atoms with Crippen LogP contribution in [0.1, 0.15) is 11.1 Å². The van der Waals surface area contributed by atoms with Crippen LogP contribution in [0.25, 0.3) is 11.3 Å². The molecule has 1 aromatic heterocycles. The summed E-state index contributed by atoms with van der Waals surface area (Å²) in [6.07, 6.45) is -3.58. The van der Waals surface area contributed by atoms with Gasteiger partial charge in [-0.25, -0.2) is 13.4 Å². The Labute approximate surface area is 192 Å². The van der Waals surface area contributed by atoms with Gasteiger partial charge < -0.3 is 0 Å². The second-order valence-corrected chi connectivity index (χ2v) is 9.62. The van der Waals surface area contributed by atoms with Crippen LogP contribution in [0.2, 0.25) is 0 Å². The SMILES string of the molecule is O=S(=O)(c1ccccc1)c1ccc(C(F)(F)F)cc1C=NNc1nc(-c2ccccc2)cs1. The lowest BCUT2D eigenvalue weighted by Crippen LogP contribution is -2.10. The van der Waals surface area contributed by atoms with Gasteiger partial charge in [-0.3, -0.25) is 5.43 Å².